The smallest absolute Gasteiger partial charge is 0.168 e. The van der Waals surface area contributed by atoms with Crippen molar-refractivity contribution in [1.29, 1.82) is 0 Å². The van der Waals surface area contributed by atoms with Gasteiger partial charge in [-0.05, 0) is 18.6 Å². The van der Waals surface area contributed by atoms with Gasteiger partial charge in [-0.3, -0.25) is 4.79 Å². The van der Waals surface area contributed by atoms with Gasteiger partial charge in [0.25, 0.3) is 0 Å². The molecule has 1 rings (SSSR count). The third-order valence-corrected chi connectivity index (χ3v) is 3.13. The summed E-state index contributed by atoms with van der Waals surface area (Å²) in [5, 5.41) is 1.07. The Hall–Kier alpha value is -0.240. The quantitative estimate of drug-likeness (QED) is 0.712. The van der Waals surface area contributed by atoms with Crippen LogP contribution in [0.2, 0.25) is 15.1 Å². The molecule has 0 aliphatic heterocycles. The van der Waals surface area contributed by atoms with E-state index in [4.69, 9.17) is 34.8 Å². The van der Waals surface area contributed by atoms with Gasteiger partial charge >= 0.3 is 0 Å². The molecule has 0 fully saturated rings. The maximum absolute atomic E-state index is 11.9. The third kappa shape index (κ3) is 2.87. The highest BCUT2D eigenvalue weighted by Gasteiger charge is 2.20. The van der Waals surface area contributed by atoms with Crippen molar-refractivity contribution in [1.82, 2.24) is 0 Å². The molecule has 0 heterocycles. The molecule has 0 spiro atoms. The number of carbonyl (C=O) groups excluding carboxylic acids is 1. The van der Waals surface area contributed by atoms with Gasteiger partial charge in [0.15, 0.2) is 5.78 Å². The van der Waals surface area contributed by atoms with Crippen molar-refractivity contribution in [3.63, 3.8) is 0 Å². The number of hydrogen-bond donors (Lipinski definition) is 0. The highest BCUT2D eigenvalue weighted by molar-refractivity contribution is 6.42. The Kier molecular flexibility index (Phi) is 4.45. The Morgan fingerprint density at radius 2 is 1.73 bits per heavy atom. The van der Waals surface area contributed by atoms with E-state index in [1.54, 1.807) is 0 Å². The van der Waals surface area contributed by atoms with Crippen molar-refractivity contribution in [3.05, 3.63) is 32.8 Å². The standard InChI is InChI=1S/C11H11Cl3O/c1-3-6(2)11(15)10-8(13)4-7(12)5-9(10)14/h4-6H,3H2,1-2H3. The van der Waals surface area contributed by atoms with Gasteiger partial charge in [-0.1, -0.05) is 48.7 Å². The molecule has 0 aliphatic carbocycles. The topological polar surface area (TPSA) is 17.1 Å². The summed E-state index contributed by atoms with van der Waals surface area (Å²) in [6.07, 6.45) is 0.758. The fraction of sp³-hybridized carbons (Fsp3) is 0.364. The minimum atomic E-state index is -0.0822. The van der Waals surface area contributed by atoms with E-state index in [-0.39, 0.29) is 11.7 Å². The van der Waals surface area contributed by atoms with Crippen LogP contribution >= 0.6 is 34.8 Å². The van der Waals surface area contributed by atoms with Crippen LogP contribution in [0.4, 0.5) is 0 Å². The van der Waals surface area contributed by atoms with Crippen LogP contribution < -0.4 is 0 Å². The summed E-state index contributed by atoms with van der Waals surface area (Å²) in [5.41, 5.74) is 0.372. The lowest BCUT2D eigenvalue weighted by Gasteiger charge is -2.11. The van der Waals surface area contributed by atoms with Crippen molar-refractivity contribution in [2.24, 2.45) is 5.92 Å². The van der Waals surface area contributed by atoms with Crippen LogP contribution in [0, 0.1) is 5.92 Å². The molecule has 0 aromatic heterocycles. The molecule has 0 N–H and O–H groups in total. The van der Waals surface area contributed by atoms with E-state index in [1.165, 1.54) is 12.1 Å². The van der Waals surface area contributed by atoms with E-state index in [9.17, 15) is 4.79 Å². The van der Waals surface area contributed by atoms with E-state index < -0.39 is 0 Å². The van der Waals surface area contributed by atoms with E-state index in [1.807, 2.05) is 13.8 Å². The Labute approximate surface area is 104 Å². The van der Waals surface area contributed by atoms with Crippen molar-refractivity contribution < 1.29 is 4.79 Å². The van der Waals surface area contributed by atoms with Gasteiger partial charge in [-0.15, -0.1) is 0 Å². The van der Waals surface area contributed by atoms with Crippen molar-refractivity contribution in [2.45, 2.75) is 20.3 Å². The molecule has 1 aromatic carbocycles. The molecule has 1 nitrogen and oxygen atoms in total. The summed E-state index contributed by atoms with van der Waals surface area (Å²) in [7, 11) is 0. The zero-order valence-electron chi connectivity index (χ0n) is 8.48. The number of rotatable bonds is 3. The van der Waals surface area contributed by atoms with Crippen molar-refractivity contribution in [3.8, 4) is 0 Å². The van der Waals surface area contributed by atoms with E-state index in [0.29, 0.717) is 20.6 Å². The fourth-order valence-corrected chi connectivity index (χ4v) is 2.21. The largest absolute Gasteiger partial charge is 0.294 e. The van der Waals surface area contributed by atoms with Crippen LogP contribution in [-0.2, 0) is 0 Å². The summed E-state index contributed by atoms with van der Waals surface area (Å²) in [6, 6.07) is 3.06. The molecule has 1 unspecified atom stereocenters. The molecule has 1 aromatic rings. The average Bonchev–Trinajstić information content (AvgIpc) is 2.14. The van der Waals surface area contributed by atoms with Gasteiger partial charge in [0.2, 0.25) is 0 Å². The highest BCUT2D eigenvalue weighted by atomic mass is 35.5. The molecule has 0 radical (unpaired) electrons. The molecule has 82 valence electrons. The summed E-state index contributed by atoms with van der Waals surface area (Å²) in [5.74, 6) is -0.120. The second-order valence-corrected chi connectivity index (χ2v) is 4.67. The molecular weight excluding hydrogens is 254 g/mol. The average molecular weight is 266 g/mol. The number of ketones is 1. The lowest BCUT2D eigenvalue weighted by molar-refractivity contribution is 0.0927. The Balaban J connectivity index is 3.20. The SMILES string of the molecule is CCC(C)C(=O)c1c(Cl)cc(Cl)cc1Cl. The van der Waals surface area contributed by atoms with Gasteiger partial charge in [0, 0.05) is 10.9 Å². The Morgan fingerprint density at radius 1 is 1.27 bits per heavy atom. The van der Waals surface area contributed by atoms with Gasteiger partial charge in [-0.2, -0.15) is 0 Å². The molecule has 1 atom stereocenters. The predicted molar refractivity (Wildman–Crippen MR) is 65.3 cm³/mol. The summed E-state index contributed by atoms with van der Waals surface area (Å²) in [4.78, 5) is 11.9. The fourth-order valence-electron chi connectivity index (χ4n) is 1.21. The molecule has 0 amide bonds. The van der Waals surface area contributed by atoms with E-state index in [2.05, 4.69) is 0 Å². The van der Waals surface area contributed by atoms with Gasteiger partial charge in [-0.25, -0.2) is 0 Å². The Morgan fingerprint density at radius 3 is 2.13 bits per heavy atom. The third-order valence-electron chi connectivity index (χ3n) is 2.31. The summed E-state index contributed by atoms with van der Waals surface area (Å²) >= 11 is 17.6. The first-order chi connectivity index (χ1) is 6.97. The first kappa shape index (κ1) is 12.8. The molecule has 0 bridgehead atoms. The zero-order chi connectivity index (χ0) is 11.6. The maximum atomic E-state index is 11.9. The number of Topliss-reactive ketones (excluding diaryl/α,β-unsaturated/α-hetero) is 1. The molecule has 0 saturated heterocycles. The molecular formula is C11H11Cl3O. The Bertz CT molecular complexity index is 364. The molecule has 15 heavy (non-hydrogen) atoms. The van der Waals surface area contributed by atoms with Crippen molar-refractivity contribution in [2.75, 3.05) is 0 Å². The second kappa shape index (κ2) is 5.20. The highest BCUT2D eigenvalue weighted by Crippen LogP contribution is 2.31. The monoisotopic (exact) mass is 264 g/mol. The number of benzene rings is 1. The van der Waals surface area contributed by atoms with Gasteiger partial charge in [0.05, 0.1) is 15.6 Å². The van der Waals surface area contributed by atoms with Crippen LogP contribution in [0.5, 0.6) is 0 Å². The summed E-state index contributed by atoms with van der Waals surface area (Å²) in [6.45, 7) is 3.80. The number of hydrogen-bond acceptors (Lipinski definition) is 1. The molecule has 0 saturated carbocycles. The second-order valence-electron chi connectivity index (χ2n) is 3.42. The minimum Gasteiger partial charge on any atom is -0.294 e. The predicted octanol–water partition coefficient (Wildman–Crippen LogP) is 4.88. The zero-order valence-corrected chi connectivity index (χ0v) is 10.7. The van der Waals surface area contributed by atoms with Crippen molar-refractivity contribution >= 4 is 40.6 Å². The van der Waals surface area contributed by atoms with Crippen LogP contribution in [0.25, 0.3) is 0 Å². The normalized spacial score (nSPS) is 12.6. The first-order valence-electron chi connectivity index (χ1n) is 4.66. The minimum absolute atomic E-state index is 0.0378. The van der Waals surface area contributed by atoms with Crippen LogP contribution in [0.15, 0.2) is 12.1 Å². The molecule has 4 heteroatoms. The van der Waals surface area contributed by atoms with Gasteiger partial charge in [0.1, 0.15) is 0 Å². The van der Waals surface area contributed by atoms with Gasteiger partial charge < -0.3 is 0 Å². The van der Waals surface area contributed by atoms with E-state index in [0.717, 1.165) is 6.42 Å². The lowest BCUT2D eigenvalue weighted by atomic mass is 9.97. The first-order valence-corrected chi connectivity index (χ1v) is 5.79. The van der Waals surface area contributed by atoms with Crippen LogP contribution in [0.3, 0.4) is 0 Å². The van der Waals surface area contributed by atoms with E-state index >= 15 is 0 Å². The summed E-state index contributed by atoms with van der Waals surface area (Å²) < 4.78 is 0. The van der Waals surface area contributed by atoms with Crippen LogP contribution in [0.1, 0.15) is 30.6 Å². The molecule has 0 aliphatic rings. The van der Waals surface area contributed by atoms with Crippen LogP contribution in [-0.4, -0.2) is 5.78 Å². The number of carbonyl (C=O) groups is 1. The number of halogens is 3. The maximum Gasteiger partial charge on any atom is 0.168 e. The lowest BCUT2D eigenvalue weighted by Crippen LogP contribution is -2.11.